The van der Waals surface area contributed by atoms with E-state index < -0.39 is 0 Å². The maximum Gasteiger partial charge on any atom is 0.269 e. The number of rotatable bonds is 7. The van der Waals surface area contributed by atoms with Crippen LogP contribution < -0.4 is 5.32 Å². The predicted molar refractivity (Wildman–Crippen MR) is 76.7 cm³/mol. The fraction of sp³-hybridized carbons (Fsp3) is 0.538. The molecular formula is C13H20BrN3O. The Morgan fingerprint density at radius 3 is 2.72 bits per heavy atom. The molecule has 0 radical (unpaired) electrons. The van der Waals surface area contributed by atoms with E-state index in [-0.39, 0.29) is 5.91 Å². The van der Waals surface area contributed by atoms with Crippen LogP contribution in [0.15, 0.2) is 22.8 Å². The quantitative estimate of drug-likeness (QED) is 0.620. The van der Waals surface area contributed by atoms with Crippen molar-refractivity contribution in [1.29, 1.82) is 0 Å². The summed E-state index contributed by atoms with van der Waals surface area (Å²) in [4.78, 5) is 18.2. The highest BCUT2D eigenvalue weighted by molar-refractivity contribution is 9.10. The largest absolute Gasteiger partial charge is 0.351 e. The van der Waals surface area contributed by atoms with Gasteiger partial charge in [-0.3, -0.25) is 4.79 Å². The molecule has 1 heterocycles. The molecule has 4 nitrogen and oxygen atoms in total. The molecule has 1 rings (SSSR count). The monoisotopic (exact) mass is 313 g/mol. The first-order chi connectivity index (χ1) is 8.67. The zero-order valence-corrected chi connectivity index (χ0v) is 12.5. The molecule has 0 saturated heterocycles. The molecule has 1 amide bonds. The lowest BCUT2D eigenvalue weighted by Gasteiger charge is -2.17. The van der Waals surface area contributed by atoms with Crippen molar-refractivity contribution in [1.82, 2.24) is 15.2 Å². The third-order valence-electron chi connectivity index (χ3n) is 2.78. The van der Waals surface area contributed by atoms with E-state index in [1.54, 1.807) is 12.1 Å². The van der Waals surface area contributed by atoms with E-state index in [1.807, 2.05) is 6.07 Å². The molecule has 1 aromatic heterocycles. The van der Waals surface area contributed by atoms with E-state index >= 15 is 0 Å². The first-order valence-electron chi connectivity index (χ1n) is 6.30. The topological polar surface area (TPSA) is 45.2 Å². The number of halogens is 1. The minimum Gasteiger partial charge on any atom is -0.351 e. The van der Waals surface area contributed by atoms with Gasteiger partial charge in [-0.15, -0.1) is 0 Å². The van der Waals surface area contributed by atoms with E-state index in [9.17, 15) is 4.79 Å². The molecule has 0 fully saturated rings. The Balaban J connectivity index is 2.29. The van der Waals surface area contributed by atoms with Crippen LogP contribution in [0.1, 0.15) is 30.8 Å². The number of nitrogens with one attached hydrogen (secondary N) is 1. The summed E-state index contributed by atoms with van der Waals surface area (Å²) < 4.78 is 0.679. The van der Waals surface area contributed by atoms with Crippen LogP contribution >= 0.6 is 15.9 Å². The fourth-order valence-corrected chi connectivity index (χ4v) is 2.01. The second kappa shape index (κ2) is 8.21. The molecule has 0 aliphatic heterocycles. The Bertz CT molecular complexity index is 380. The second-order valence-corrected chi connectivity index (χ2v) is 4.79. The number of aromatic nitrogens is 1. The standard InChI is InChI=1S/C13H20BrN3O/c1-3-17(4-2)10-6-9-15-13(18)11-7-5-8-12(14)16-11/h5,7-8H,3-4,6,9-10H2,1-2H3,(H,15,18). The molecule has 1 aromatic rings. The first kappa shape index (κ1) is 15.1. The Morgan fingerprint density at radius 1 is 1.39 bits per heavy atom. The minimum atomic E-state index is -0.115. The lowest BCUT2D eigenvalue weighted by atomic mass is 10.3. The van der Waals surface area contributed by atoms with Gasteiger partial charge in [0.05, 0.1) is 0 Å². The van der Waals surface area contributed by atoms with Gasteiger partial charge in [0.15, 0.2) is 0 Å². The third-order valence-corrected chi connectivity index (χ3v) is 3.22. The van der Waals surface area contributed by atoms with Crippen molar-refractivity contribution in [2.75, 3.05) is 26.2 Å². The van der Waals surface area contributed by atoms with Gasteiger partial charge in [0.2, 0.25) is 0 Å². The van der Waals surface area contributed by atoms with Crippen LogP contribution in [0.3, 0.4) is 0 Å². The Hall–Kier alpha value is -0.940. The van der Waals surface area contributed by atoms with Gasteiger partial charge in [-0.25, -0.2) is 4.98 Å². The summed E-state index contributed by atoms with van der Waals surface area (Å²) in [7, 11) is 0. The third kappa shape index (κ3) is 5.14. The molecule has 18 heavy (non-hydrogen) atoms. The van der Waals surface area contributed by atoms with Crippen LogP contribution in [-0.2, 0) is 0 Å². The summed E-state index contributed by atoms with van der Waals surface area (Å²) in [5, 5.41) is 2.88. The molecule has 0 aromatic carbocycles. The van der Waals surface area contributed by atoms with Gasteiger partial charge in [0.1, 0.15) is 10.3 Å². The Morgan fingerprint density at radius 2 is 2.11 bits per heavy atom. The highest BCUT2D eigenvalue weighted by Gasteiger charge is 2.06. The number of hydrogen-bond donors (Lipinski definition) is 1. The van der Waals surface area contributed by atoms with Gasteiger partial charge >= 0.3 is 0 Å². The Labute approximate surface area is 117 Å². The lowest BCUT2D eigenvalue weighted by molar-refractivity contribution is 0.0946. The van der Waals surface area contributed by atoms with Crippen LogP contribution in [0.4, 0.5) is 0 Å². The fourth-order valence-electron chi connectivity index (χ4n) is 1.67. The van der Waals surface area contributed by atoms with Crippen molar-refractivity contribution < 1.29 is 4.79 Å². The van der Waals surface area contributed by atoms with Gasteiger partial charge in [0.25, 0.3) is 5.91 Å². The van der Waals surface area contributed by atoms with E-state index in [2.05, 4.69) is 45.0 Å². The van der Waals surface area contributed by atoms with Crippen molar-refractivity contribution in [3.63, 3.8) is 0 Å². The maximum absolute atomic E-state index is 11.8. The minimum absolute atomic E-state index is 0.115. The summed E-state index contributed by atoms with van der Waals surface area (Å²) in [5.41, 5.74) is 0.451. The number of nitrogens with zero attached hydrogens (tertiary/aromatic N) is 2. The van der Waals surface area contributed by atoms with Crippen molar-refractivity contribution in [3.8, 4) is 0 Å². The van der Waals surface area contributed by atoms with E-state index in [0.29, 0.717) is 16.8 Å². The van der Waals surface area contributed by atoms with Crippen LogP contribution in [0, 0.1) is 0 Å². The van der Waals surface area contributed by atoms with Gasteiger partial charge in [-0.1, -0.05) is 19.9 Å². The SMILES string of the molecule is CCN(CC)CCCNC(=O)c1cccc(Br)n1. The maximum atomic E-state index is 11.8. The van der Waals surface area contributed by atoms with Gasteiger partial charge in [-0.05, 0) is 54.1 Å². The summed E-state index contributed by atoms with van der Waals surface area (Å²) >= 11 is 3.25. The molecule has 0 aliphatic carbocycles. The summed E-state index contributed by atoms with van der Waals surface area (Å²) in [5.74, 6) is -0.115. The molecule has 0 unspecified atom stereocenters. The van der Waals surface area contributed by atoms with Crippen molar-refractivity contribution in [2.24, 2.45) is 0 Å². The van der Waals surface area contributed by atoms with Crippen molar-refractivity contribution in [3.05, 3.63) is 28.5 Å². The van der Waals surface area contributed by atoms with Crippen LogP contribution in [0.5, 0.6) is 0 Å². The normalized spacial score (nSPS) is 10.7. The van der Waals surface area contributed by atoms with E-state index in [4.69, 9.17) is 0 Å². The summed E-state index contributed by atoms with van der Waals surface area (Å²) in [6.45, 7) is 8.10. The zero-order chi connectivity index (χ0) is 13.4. The molecule has 5 heteroatoms. The zero-order valence-electron chi connectivity index (χ0n) is 10.9. The molecular weight excluding hydrogens is 294 g/mol. The number of carbonyl (C=O) groups is 1. The molecule has 0 bridgehead atoms. The highest BCUT2D eigenvalue weighted by Crippen LogP contribution is 2.05. The highest BCUT2D eigenvalue weighted by atomic mass is 79.9. The van der Waals surface area contributed by atoms with E-state index in [0.717, 1.165) is 26.1 Å². The van der Waals surface area contributed by atoms with Gasteiger partial charge < -0.3 is 10.2 Å². The molecule has 0 atom stereocenters. The van der Waals surface area contributed by atoms with Crippen LogP contribution in [0.2, 0.25) is 0 Å². The number of amides is 1. The number of carbonyl (C=O) groups excluding carboxylic acids is 1. The average Bonchev–Trinajstić information content (AvgIpc) is 2.38. The Kier molecular flexibility index (Phi) is 6.90. The molecule has 0 aliphatic rings. The molecule has 100 valence electrons. The molecule has 0 saturated carbocycles. The van der Waals surface area contributed by atoms with E-state index in [1.165, 1.54) is 0 Å². The molecule has 0 spiro atoms. The van der Waals surface area contributed by atoms with Gasteiger partial charge in [-0.2, -0.15) is 0 Å². The lowest BCUT2D eigenvalue weighted by Crippen LogP contribution is -2.30. The first-order valence-corrected chi connectivity index (χ1v) is 7.09. The smallest absolute Gasteiger partial charge is 0.269 e. The predicted octanol–water partition coefficient (Wildman–Crippen LogP) is 2.31. The van der Waals surface area contributed by atoms with Gasteiger partial charge in [0, 0.05) is 6.54 Å². The van der Waals surface area contributed by atoms with Crippen LogP contribution in [0.25, 0.3) is 0 Å². The second-order valence-electron chi connectivity index (χ2n) is 3.98. The summed E-state index contributed by atoms with van der Waals surface area (Å²) in [6.07, 6.45) is 0.960. The van der Waals surface area contributed by atoms with Crippen molar-refractivity contribution in [2.45, 2.75) is 20.3 Å². The average molecular weight is 314 g/mol. The number of pyridine rings is 1. The molecule has 1 N–H and O–H groups in total. The van der Waals surface area contributed by atoms with Crippen molar-refractivity contribution >= 4 is 21.8 Å². The number of hydrogen-bond acceptors (Lipinski definition) is 3. The summed E-state index contributed by atoms with van der Waals surface area (Å²) in [6, 6.07) is 5.32. The van der Waals surface area contributed by atoms with Crippen LogP contribution in [-0.4, -0.2) is 42.0 Å².